The molecule has 1 aliphatic heterocycles. The number of aryl methyl sites for hydroxylation is 1. The van der Waals surface area contributed by atoms with Gasteiger partial charge in [0, 0.05) is 30.4 Å². The molecule has 0 atom stereocenters. The first-order chi connectivity index (χ1) is 11.7. The first-order valence-electron chi connectivity index (χ1n) is 8.54. The molecular weight excluding hydrogens is 305 g/mol. The van der Waals surface area contributed by atoms with Crippen molar-refractivity contribution < 1.29 is 9.18 Å². The number of amides is 1. The average Bonchev–Trinajstić information content (AvgIpc) is 3.11. The molecule has 4 rings (SSSR count). The van der Waals surface area contributed by atoms with Crippen LogP contribution in [0.4, 0.5) is 21.6 Å². The Morgan fingerprint density at radius 3 is 2.62 bits per heavy atom. The number of carbonyl (C=O) groups excluding carboxylic acids is 1. The van der Waals surface area contributed by atoms with Crippen LogP contribution in [-0.2, 0) is 11.2 Å². The molecule has 5 heteroatoms. The Hall–Kier alpha value is -2.43. The largest absolute Gasteiger partial charge is 0.340 e. The second-order valence-corrected chi connectivity index (χ2v) is 6.53. The summed E-state index contributed by atoms with van der Waals surface area (Å²) in [6, 6.07) is 8.45. The van der Waals surface area contributed by atoms with Gasteiger partial charge in [0.15, 0.2) is 0 Å². The summed E-state index contributed by atoms with van der Waals surface area (Å²) in [6.45, 7) is 0. The number of hydrogen-bond donors (Lipinski definition) is 1. The van der Waals surface area contributed by atoms with Gasteiger partial charge in [-0.3, -0.25) is 4.79 Å². The predicted molar refractivity (Wildman–Crippen MR) is 92.0 cm³/mol. The Morgan fingerprint density at radius 1 is 1.12 bits per heavy atom. The zero-order valence-electron chi connectivity index (χ0n) is 13.5. The lowest BCUT2D eigenvalue weighted by molar-refractivity contribution is -0.119. The quantitative estimate of drug-likeness (QED) is 0.920. The van der Waals surface area contributed by atoms with Crippen LogP contribution in [0.25, 0.3) is 0 Å². The van der Waals surface area contributed by atoms with Crippen LogP contribution in [0.1, 0.15) is 37.7 Å². The topological polar surface area (TPSA) is 45.2 Å². The molecule has 0 unspecified atom stereocenters. The lowest BCUT2D eigenvalue weighted by Gasteiger charge is -2.34. The number of nitrogens with zero attached hydrogens (tertiary/aromatic N) is 2. The second kappa shape index (κ2) is 6.23. The molecule has 1 aliphatic carbocycles. The van der Waals surface area contributed by atoms with Crippen molar-refractivity contribution in [1.29, 1.82) is 0 Å². The summed E-state index contributed by atoms with van der Waals surface area (Å²) < 4.78 is 13.0. The summed E-state index contributed by atoms with van der Waals surface area (Å²) in [7, 11) is 0. The third kappa shape index (κ3) is 2.86. The van der Waals surface area contributed by atoms with Crippen LogP contribution in [0.5, 0.6) is 0 Å². The van der Waals surface area contributed by atoms with Crippen LogP contribution in [0.3, 0.4) is 0 Å². The first kappa shape index (κ1) is 15.1. The van der Waals surface area contributed by atoms with E-state index in [1.807, 2.05) is 17.2 Å². The maximum absolute atomic E-state index is 13.0. The molecule has 0 saturated heterocycles. The van der Waals surface area contributed by atoms with E-state index >= 15 is 0 Å². The minimum Gasteiger partial charge on any atom is -0.340 e. The van der Waals surface area contributed by atoms with Crippen LogP contribution < -0.4 is 10.2 Å². The van der Waals surface area contributed by atoms with E-state index in [4.69, 9.17) is 0 Å². The fraction of sp³-hybridized carbons (Fsp3) is 0.368. The monoisotopic (exact) mass is 325 g/mol. The molecule has 24 heavy (non-hydrogen) atoms. The van der Waals surface area contributed by atoms with Gasteiger partial charge in [0.1, 0.15) is 11.6 Å². The number of fused-ring (bicyclic) bond motifs is 1. The third-order valence-electron chi connectivity index (χ3n) is 4.90. The number of rotatable bonds is 3. The van der Waals surface area contributed by atoms with Crippen LogP contribution in [-0.4, -0.2) is 16.9 Å². The van der Waals surface area contributed by atoms with Crippen molar-refractivity contribution >= 4 is 23.1 Å². The first-order valence-corrected chi connectivity index (χ1v) is 8.54. The van der Waals surface area contributed by atoms with E-state index in [1.165, 1.54) is 25.0 Å². The molecule has 4 nitrogen and oxygen atoms in total. The van der Waals surface area contributed by atoms with Gasteiger partial charge in [-0.15, -0.1) is 0 Å². The molecule has 0 radical (unpaired) electrons. The zero-order valence-corrected chi connectivity index (χ0v) is 13.5. The van der Waals surface area contributed by atoms with Crippen LogP contribution >= 0.6 is 0 Å². The van der Waals surface area contributed by atoms with Gasteiger partial charge in [0.25, 0.3) is 0 Å². The van der Waals surface area contributed by atoms with E-state index in [9.17, 15) is 9.18 Å². The molecule has 1 amide bonds. The van der Waals surface area contributed by atoms with E-state index in [-0.39, 0.29) is 11.7 Å². The highest BCUT2D eigenvalue weighted by atomic mass is 19.1. The molecule has 124 valence electrons. The number of anilines is 3. The van der Waals surface area contributed by atoms with Gasteiger partial charge < -0.3 is 10.2 Å². The highest BCUT2D eigenvalue weighted by Crippen LogP contribution is 2.36. The number of pyridine rings is 1. The lowest BCUT2D eigenvalue weighted by atomic mass is 10.0. The molecule has 1 fully saturated rings. The normalized spacial score (nSPS) is 17.9. The van der Waals surface area contributed by atoms with Crippen LogP contribution in [0, 0.1) is 5.82 Å². The Bertz CT molecular complexity index is 754. The average molecular weight is 325 g/mol. The summed E-state index contributed by atoms with van der Waals surface area (Å²) in [5, 5.41) is 3.19. The SMILES string of the molecule is O=C1CCc2cnc(Nc3ccc(F)cc3)cc2N1C1CCCC1. The van der Waals surface area contributed by atoms with Gasteiger partial charge in [-0.25, -0.2) is 9.37 Å². The standard InChI is InChI=1S/C19H20FN3O/c20-14-6-8-15(9-7-14)22-18-11-17-13(12-21-18)5-10-19(24)23(17)16-3-1-2-4-16/h6-9,11-12,16H,1-5,10H2,(H,21,22). The van der Waals surface area contributed by atoms with E-state index < -0.39 is 0 Å². The molecule has 1 aromatic heterocycles. The summed E-state index contributed by atoms with van der Waals surface area (Å²) in [5.74, 6) is 0.628. The molecule has 1 N–H and O–H groups in total. The van der Waals surface area contributed by atoms with E-state index in [2.05, 4.69) is 10.3 Å². The fourth-order valence-electron chi connectivity index (χ4n) is 3.70. The van der Waals surface area contributed by atoms with Gasteiger partial charge in [-0.1, -0.05) is 12.8 Å². The fourth-order valence-corrected chi connectivity index (χ4v) is 3.70. The highest BCUT2D eigenvalue weighted by molar-refractivity contribution is 5.97. The third-order valence-corrected chi connectivity index (χ3v) is 4.90. The number of nitrogens with one attached hydrogen (secondary N) is 1. The molecule has 2 heterocycles. The minimum absolute atomic E-state index is 0.216. The number of aromatic nitrogens is 1. The van der Waals surface area contributed by atoms with Gasteiger partial charge in [-0.05, 0) is 49.1 Å². The van der Waals surface area contributed by atoms with Gasteiger partial charge >= 0.3 is 0 Å². The molecule has 2 aliphatic rings. The van der Waals surface area contributed by atoms with Gasteiger partial charge in [-0.2, -0.15) is 0 Å². The van der Waals surface area contributed by atoms with Gasteiger partial charge in [0.2, 0.25) is 5.91 Å². The van der Waals surface area contributed by atoms with Crippen molar-refractivity contribution in [2.24, 2.45) is 0 Å². The van der Waals surface area contributed by atoms with Crippen molar-refractivity contribution in [3.05, 3.63) is 47.9 Å². The molecule has 0 bridgehead atoms. The van der Waals surface area contributed by atoms with Crippen LogP contribution in [0.2, 0.25) is 0 Å². The minimum atomic E-state index is -0.267. The summed E-state index contributed by atoms with van der Waals surface area (Å²) in [4.78, 5) is 18.9. The number of halogens is 1. The second-order valence-electron chi connectivity index (χ2n) is 6.53. The molecular formula is C19H20FN3O. The Morgan fingerprint density at radius 2 is 1.88 bits per heavy atom. The van der Waals surface area contributed by atoms with Crippen molar-refractivity contribution in [3.63, 3.8) is 0 Å². The molecule has 1 saturated carbocycles. The van der Waals surface area contributed by atoms with Crippen molar-refractivity contribution in [1.82, 2.24) is 4.98 Å². The Balaban J connectivity index is 1.64. The number of hydrogen-bond acceptors (Lipinski definition) is 3. The summed E-state index contributed by atoms with van der Waals surface area (Å²) >= 11 is 0. The van der Waals surface area contributed by atoms with Crippen molar-refractivity contribution in [3.8, 4) is 0 Å². The van der Waals surface area contributed by atoms with E-state index in [0.717, 1.165) is 36.2 Å². The van der Waals surface area contributed by atoms with Crippen molar-refractivity contribution in [2.45, 2.75) is 44.6 Å². The van der Waals surface area contributed by atoms with Crippen LogP contribution in [0.15, 0.2) is 36.5 Å². The summed E-state index contributed by atoms with van der Waals surface area (Å²) in [5.41, 5.74) is 2.89. The zero-order chi connectivity index (χ0) is 16.5. The lowest BCUT2D eigenvalue weighted by Crippen LogP contribution is -2.42. The smallest absolute Gasteiger partial charge is 0.227 e. The predicted octanol–water partition coefficient (Wildman–Crippen LogP) is 4.19. The van der Waals surface area contributed by atoms with E-state index in [0.29, 0.717) is 18.3 Å². The number of benzene rings is 1. The molecule has 1 aromatic carbocycles. The highest BCUT2D eigenvalue weighted by Gasteiger charge is 2.32. The maximum Gasteiger partial charge on any atom is 0.227 e. The maximum atomic E-state index is 13.0. The molecule has 0 spiro atoms. The summed E-state index contributed by atoms with van der Waals surface area (Å²) in [6.07, 6.45) is 7.71. The Labute approximate surface area is 140 Å². The van der Waals surface area contributed by atoms with Crippen molar-refractivity contribution in [2.75, 3.05) is 10.2 Å². The molecule has 2 aromatic rings. The number of carbonyl (C=O) groups is 1. The Kier molecular flexibility index (Phi) is 3.92. The van der Waals surface area contributed by atoms with E-state index in [1.54, 1.807) is 12.1 Å². The van der Waals surface area contributed by atoms with Gasteiger partial charge in [0.05, 0.1) is 5.69 Å².